The average molecular weight is 277 g/mol. The van der Waals surface area contributed by atoms with Crippen molar-refractivity contribution in [3.05, 3.63) is 29.2 Å². The van der Waals surface area contributed by atoms with Gasteiger partial charge in [0.15, 0.2) is 5.65 Å². The molecule has 3 heterocycles. The molecule has 2 aliphatic rings. The Labute approximate surface area is 117 Å². The number of rotatable bonds is 2. The van der Waals surface area contributed by atoms with E-state index in [9.17, 15) is 0 Å². The topological polar surface area (TPSA) is 33.4 Å². The molecule has 0 bridgehead atoms. The number of halogens is 1. The van der Waals surface area contributed by atoms with Gasteiger partial charge in [0, 0.05) is 23.7 Å². The highest BCUT2D eigenvalue weighted by Gasteiger charge is 2.32. The van der Waals surface area contributed by atoms with E-state index < -0.39 is 0 Å². The van der Waals surface area contributed by atoms with Crippen molar-refractivity contribution < 1.29 is 0 Å². The summed E-state index contributed by atoms with van der Waals surface area (Å²) in [5, 5.41) is 4.82. The number of hydrogen-bond acceptors (Lipinski definition) is 3. The molecule has 2 aromatic heterocycles. The molecule has 1 aliphatic heterocycles. The lowest BCUT2D eigenvalue weighted by molar-refractivity contribution is 0.202. The molecule has 1 saturated carbocycles. The van der Waals surface area contributed by atoms with Crippen LogP contribution in [0.25, 0.3) is 5.65 Å². The Morgan fingerprint density at radius 2 is 1.95 bits per heavy atom. The van der Waals surface area contributed by atoms with E-state index in [4.69, 9.17) is 16.6 Å². The van der Waals surface area contributed by atoms with E-state index in [2.05, 4.69) is 10.00 Å². The molecule has 0 atom stereocenters. The molecule has 2 aromatic rings. The maximum absolute atomic E-state index is 6.26. The lowest BCUT2D eigenvalue weighted by atomic mass is 9.93. The molecule has 100 valence electrons. The zero-order valence-electron chi connectivity index (χ0n) is 10.8. The van der Waals surface area contributed by atoms with E-state index in [-0.39, 0.29) is 0 Å². The maximum Gasteiger partial charge on any atom is 0.156 e. The van der Waals surface area contributed by atoms with Crippen LogP contribution in [0.2, 0.25) is 5.15 Å². The predicted molar refractivity (Wildman–Crippen MR) is 74.6 cm³/mol. The highest BCUT2D eigenvalue weighted by atomic mass is 35.5. The Kier molecular flexibility index (Phi) is 2.74. The molecule has 4 nitrogen and oxygen atoms in total. The summed E-state index contributed by atoms with van der Waals surface area (Å²) in [6, 6.07) is 4.78. The van der Waals surface area contributed by atoms with E-state index in [0.29, 0.717) is 11.1 Å². The number of nitrogens with zero attached hydrogens (tertiary/aromatic N) is 4. The van der Waals surface area contributed by atoms with E-state index in [1.165, 1.54) is 38.8 Å². The Hall–Kier alpha value is -1.13. The molecule has 1 aliphatic carbocycles. The summed E-state index contributed by atoms with van der Waals surface area (Å²) in [7, 11) is 0. The van der Waals surface area contributed by atoms with Gasteiger partial charge in [0.2, 0.25) is 0 Å². The van der Waals surface area contributed by atoms with Crippen molar-refractivity contribution in [1.29, 1.82) is 0 Å². The van der Waals surface area contributed by atoms with Crippen molar-refractivity contribution in [2.75, 3.05) is 13.1 Å². The third-order valence-corrected chi connectivity index (χ3v) is 4.62. The molecule has 5 heteroatoms. The molecule has 0 aromatic carbocycles. The molecule has 0 radical (unpaired) electrons. The molecule has 0 N–H and O–H groups in total. The Morgan fingerprint density at radius 3 is 2.68 bits per heavy atom. The van der Waals surface area contributed by atoms with E-state index in [1.54, 1.807) is 10.7 Å². The van der Waals surface area contributed by atoms with Crippen LogP contribution in [0.4, 0.5) is 0 Å². The fraction of sp³-hybridized carbons (Fsp3) is 0.571. The normalized spacial score (nSPS) is 22.2. The first-order chi connectivity index (χ1) is 9.31. The highest BCUT2D eigenvalue weighted by Crippen LogP contribution is 2.34. The second kappa shape index (κ2) is 4.46. The summed E-state index contributed by atoms with van der Waals surface area (Å²) >= 11 is 6.26. The molecule has 4 rings (SSSR count). The number of hydrogen-bond donors (Lipinski definition) is 0. The van der Waals surface area contributed by atoms with Gasteiger partial charge in [-0.25, -0.2) is 9.50 Å². The van der Waals surface area contributed by atoms with Crippen molar-refractivity contribution in [2.45, 2.75) is 37.6 Å². The van der Waals surface area contributed by atoms with E-state index in [0.717, 1.165) is 17.4 Å². The minimum atomic E-state index is 0.549. The average Bonchev–Trinajstić information content (AvgIpc) is 3.17. The SMILES string of the molecule is Clc1cc(C2CCN(C3CC3)CC2)nc2ccnn12. The monoisotopic (exact) mass is 276 g/mol. The standard InChI is InChI=1S/C14H17ClN4/c15-13-9-12(17-14-3-6-16-19(13)14)10-4-7-18(8-5-10)11-1-2-11/h3,6,9-11H,1-2,4-5,7-8H2. The van der Waals surface area contributed by atoms with Crippen LogP contribution in [0.1, 0.15) is 37.3 Å². The predicted octanol–water partition coefficient (Wildman–Crippen LogP) is 2.72. The van der Waals surface area contributed by atoms with Gasteiger partial charge in [0.05, 0.1) is 6.20 Å². The lowest BCUT2D eigenvalue weighted by Crippen LogP contribution is -2.34. The van der Waals surface area contributed by atoms with Gasteiger partial charge in [-0.05, 0) is 44.8 Å². The summed E-state index contributed by atoms with van der Waals surface area (Å²) in [5.41, 5.74) is 1.99. The summed E-state index contributed by atoms with van der Waals surface area (Å²) in [4.78, 5) is 7.34. The molecule has 1 saturated heterocycles. The van der Waals surface area contributed by atoms with Crippen LogP contribution in [0.3, 0.4) is 0 Å². The van der Waals surface area contributed by atoms with Crippen LogP contribution in [0.15, 0.2) is 18.3 Å². The fourth-order valence-electron chi connectivity index (χ4n) is 3.10. The number of likely N-dealkylation sites (tertiary alicyclic amines) is 1. The molecular weight excluding hydrogens is 260 g/mol. The first-order valence-corrected chi connectivity index (χ1v) is 7.43. The molecule has 2 fully saturated rings. The second-order valence-electron chi connectivity index (χ2n) is 5.65. The van der Waals surface area contributed by atoms with Crippen LogP contribution in [-0.2, 0) is 0 Å². The van der Waals surface area contributed by atoms with Crippen LogP contribution in [-0.4, -0.2) is 38.6 Å². The zero-order chi connectivity index (χ0) is 12.8. The van der Waals surface area contributed by atoms with Gasteiger partial charge in [-0.3, -0.25) is 0 Å². The van der Waals surface area contributed by atoms with Gasteiger partial charge in [-0.1, -0.05) is 11.6 Å². The van der Waals surface area contributed by atoms with Crippen LogP contribution < -0.4 is 0 Å². The van der Waals surface area contributed by atoms with Crippen molar-refractivity contribution >= 4 is 17.2 Å². The summed E-state index contributed by atoms with van der Waals surface area (Å²) in [5.74, 6) is 0.549. The number of fused-ring (bicyclic) bond motifs is 1. The number of aromatic nitrogens is 3. The van der Waals surface area contributed by atoms with Crippen LogP contribution >= 0.6 is 11.6 Å². The van der Waals surface area contributed by atoms with Crippen molar-refractivity contribution in [3.8, 4) is 0 Å². The van der Waals surface area contributed by atoms with Crippen molar-refractivity contribution in [3.63, 3.8) is 0 Å². The molecular formula is C14H17ClN4. The lowest BCUT2D eigenvalue weighted by Gasteiger charge is -2.31. The van der Waals surface area contributed by atoms with Gasteiger partial charge in [-0.15, -0.1) is 0 Å². The second-order valence-corrected chi connectivity index (χ2v) is 6.03. The first-order valence-electron chi connectivity index (χ1n) is 7.05. The molecule has 0 amide bonds. The first kappa shape index (κ1) is 11.7. The highest BCUT2D eigenvalue weighted by molar-refractivity contribution is 6.29. The van der Waals surface area contributed by atoms with E-state index in [1.807, 2.05) is 12.1 Å². The molecule has 0 unspecified atom stereocenters. The summed E-state index contributed by atoms with van der Waals surface area (Å²) in [6.45, 7) is 2.41. The summed E-state index contributed by atoms with van der Waals surface area (Å²) < 4.78 is 1.68. The number of piperidine rings is 1. The van der Waals surface area contributed by atoms with E-state index >= 15 is 0 Å². The molecule has 19 heavy (non-hydrogen) atoms. The van der Waals surface area contributed by atoms with Gasteiger partial charge in [-0.2, -0.15) is 5.10 Å². The third-order valence-electron chi connectivity index (χ3n) is 4.35. The largest absolute Gasteiger partial charge is 0.300 e. The van der Waals surface area contributed by atoms with Crippen LogP contribution in [0, 0.1) is 0 Å². The maximum atomic E-state index is 6.26. The van der Waals surface area contributed by atoms with Crippen LogP contribution in [0.5, 0.6) is 0 Å². The minimum absolute atomic E-state index is 0.549. The molecule has 0 spiro atoms. The van der Waals surface area contributed by atoms with Gasteiger partial charge >= 0.3 is 0 Å². The van der Waals surface area contributed by atoms with Gasteiger partial charge in [0.1, 0.15) is 5.15 Å². The van der Waals surface area contributed by atoms with Crippen molar-refractivity contribution in [1.82, 2.24) is 19.5 Å². The quantitative estimate of drug-likeness (QED) is 0.791. The van der Waals surface area contributed by atoms with Gasteiger partial charge < -0.3 is 4.90 Å². The zero-order valence-corrected chi connectivity index (χ0v) is 11.6. The smallest absolute Gasteiger partial charge is 0.156 e. The van der Waals surface area contributed by atoms with Crippen molar-refractivity contribution in [2.24, 2.45) is 0 Å². The fourth-order valence-corrected chi connectivity index (χ4v) is 3.34. The summed E-state index contributed by atoms with van der Waals surface area (Å²) in [6.07, 6.45) is 6.94. The third kappa shape index (κ3) is 2.13. The Balaban J connectivity index is 1.57. The van der Waals surface area contributed by atoms with Gasteiger partial charge in [0.25, 0.3) is 0 Å². The Morgan fingerprint density at radius 1 is 1.16 bits per heavy atom. The minimum Gasteiger partial charge on any atom is -0.300 e. The Bertz CT molecular complexity index is 597.